The van der Waals surface area contributed by atoms with Gasteiger partial charge < -0.3 is 10.1 Å². The van der Waals surface area contributed by atoms with Gasteiger partial charge in [-0.1, -0.05) is 24.3 Å². The predicted octanol–water partition coefficient (Wildman–Crippen LogP) is 2.83. The first kappa shape index (κ1) is 11.2. The second-order valence-corrected chi connectivity index (χ2v) is 5.32. The number of methoxy groups -OCH3 is 1. The summed E-state index contributed by atoms with van der Waals surface area (Å²) in [6.45, 7) is 0. The first-order valence-corrected chi connectivity index (χ1v) is 6.73. The van der Waals surface area contributed by atoms with Gasteiger partial charge in [0, 0.05) is 19.2 Å². The quantitative estimate of drug-likeness (QED) is 0.863. The lowest BCUT2D eigenvalue weighted by Gasteiger charge is -2.19. The molecule has 0 amide bonds. The molecule has 0 radical (unpaired) electrons. The average Bonchev–Trinajstić information content (AvgIpc) is 2.97. The van der Waals surface area contributed by atoms with Crippen LogP contribution in [0.4, 0.5) is 0 Å². The van der Waals surface area contributed by atoms with Crippen LogP contribution in [0.2, 0.25) is 0 Å². The molecule has 3 rings (SSSR count). The van der Waals surface area contributed by atoms with Crippen LogP contribution in [0.15, 0.2) is 24.3 Å². The molecule has 2 nitrogen and oxygen atoms in total. The van der Waals surface area contributed by atoms with Gasteiger partial charge in [0.05, 0.1) is 6.10 Å². The SMILES string of the molecule is COC1CCC(NC2CCc3ccccc32)C1. The van der Waals surface area contributed by atoms with Gasteiger partial charge in [0.25, 0.3) is 0 Å². The van der Waals surface area contributed by atoms with Gasteiger partial charge in [-0.2, -0.15) is 0 Å². The fourth-order valence-corrected chi connectivity index (χ4v) is 3.32. The van der Waals surface area contributed by atoms with Crippen molar-refractivity contribution in [3.63, 3.8) is 0 Å². The molecule has 0 spiro atoms. The van der Waals surface area contributed by atoms with Crippen molar-refractivity contribution in [1.82, 2.24) is 5.32 Å². The van der Waals surface area contributed by atoms with Crippen LogP contribution in [0.5, 0.6) is 0 Å². The van der Waals surface area contributed by atoms with Gasteiger partial charge in [-0.25, -0.2) is 0 Å². The Morgan fingerprint density at radius 2 is 2.06 bits per heavy atom. The van der Waals surface area contributed by atoms with E-state index >= 15 is 0 Å². The van der Waals surface area contributed by atoms with E-state index in [9.17, 15) is 0 Å². The minimum Gasteiger partial charge on any atom is -0.381 e. The molecule has 0 heterocycles. The second-order valence-electron chi connectivity index (χ2n) is 5.32. The maximum absolute atomic E-state index is 5.44. The lowest BCUT2D eigenvalue weighted by atomic mass is 10.1. The Morgan fingerprint density at radius 1 is 1.18 bits per heavy atom. The maximum atomic E-state index is 5.44. The van der Waals surface area contributed by atoms with Crippen LogP contribution in [0.3, 0.4) is 0 Å². The van der Waals surface area contributed by atoms with Crippen LogP contribution in [0.25, 0.3) is 0 Å². The van der Waals surface area contributed by atoms with Gasteiger partial charge in [-0.3, -0.25) is 0 Å². The fraction of sp³-hybridized carbons (Fsp3) is 0.600. The minimum absolute atomic E-state index is 0.476. The molecule has 1 fully saturated rings. The molecule has 2 aliphatic carbocycles. The van der Waals surface area contributed by atoms with Gasteiger partial charge in [0.15, 0.2) is 0 Å². The summed E-state index contributed by atoms with van der Waals surface area (Å²) in [4.78, 5) is 0. The molecule has 0 bridgehead atoms. The van der Waals surface area contributed by atoms with E-state index in [2.05, 4.69) is 29.6 Å². The van der Waals surface area contributed by atoms with Crippen LogP contribution in [0, 0.1) is 0 Å². The highest BCUT2D eigenvalue weighted by molar-refractivity contribution is 5.34. The van der Waals surface area contributed by atoms with Crippen molar-refractivity contribution in [2.75, 3.05) is 7.11 Å². The number of hydrogen-bond donors (Lipinski definition) is 1. The molecular formula is C15H21NO. The summed E-state index contributed by atoms with van der Waals surface area (Å²) < 4.78 is 5.44. The Hall–Kier alpha value is -0.860. The van der Waals surface area contributed by atoms with Crippen molar-refractivity contribution in [2.24, 2.45) is 0 Å². The van der Waals surface area contributed by atoms with E-state index in [-0.39, 0.29) is 0 Å². The second kappa shape index (κ2) is 4.79. The molecular weight excluding hydrogens is 210 g/mol. The molecule has 0 aromatic heterocycles. The van der Waals surface area contributed by atoms with Crippen molar-refractivity contribution in [1.29, 1.82) is 0 Å². The van der Waals surface area contributed by atoms with Crippen LogP contribution in [-0.2, 0) is 11.2 Å². The summed E-state index contributed by atoms with van der Waals surface area (Å²) in [7, 11) is 1.83. The summed E-state index contributed by atoms with van der Waals surface area (Å²) in [5, 5.41) is 3.82. The molecule has 0 aliphatic heterocycles. The highest BCUT2D eigenvalue weighted by atomic mass is 16.5. The van der Waals surface area contributed by atoms with Crippen LogP contribution in [-0.4, -0.2) is 19.3 Å². The Morgan fingerprint density at radius 3 is 2.88 bits per heavy atom. The number of nitrogens with one attached hydrogen (secondary N) is 1. The van der Waals surface area contributed by atoms with E-state index in [0.717, 1.165) is 0 Å². The van der Waals surface area contributed by atoms with Crippen molar-refractivity contribution < 1.29 is 4.74 Å². The summed E-state index contributed by atoms with van der Waals surface area (Å²) in [6, 6.07) is 10.1. The fourth-order valence-electron chi connectivity index (χ4n) is 3.32. The van der Waals surface area contributed by atoms with Gasteiger partial charge in [0.1, 0.15) is 0 Å². The summed E-state index contributed by atoms with van der Waals surface area (Å²) in [6.07, 6.45) is 6.61. The van der Waals surface area contributed by atoms with E-state index in [1.807, 2.05) is 7.11 Å². The molecule has 0 saturated heterocycles. The number of benzene rings is 1. The Balaban J connectivity index is 1.64. The van der Waals surface area contributed by atoms with E-state index in [0.29, 0.717) is 18.2 Å². The summed E-state index contributed by atoms with van der Waals surface area (Å²) in [5.41, 5.74) is 3.06. The topological polar surface area (TPSA) is 21.3 Å². The Bertz CT molecular complexity index is 390. The van der Waals surface area contributed by atoms with Gasteiger partial charge in [-0.05, 0) is 43.2 Å². The lowest BCUT2D eigenvalue weighted by molar-refractivity contribution is 0.106. The maximum Gasteiger partial charge on any atom is 0.0586 e. The number of aryl methyl sites for hydroxylation is 1. The summed E-state index contributed by atoms with van der Waals surface area (Å²) in [5.74, 6) is 0. The normalized spacial score (nSPS) is 31.7. The van der Waals surface area contributed by atoms with Crippen LogP contribution in [0.1, 0.15) is 42.9 Å². The molecule has 2 heteroatoms. The van der Waals surface area contributed by atoms with Crippen molar-refractivity contribution in [3.05, 3.63) is 35.4 Å². The third-order valence-electron chi connectivity index (χ3n) is 4.29. The molecule has 2 aliphatic rings. The zero-order valence-corrected chi connectivity index (χ0v) is 10.5. The molecule has 92 valence electrons. The molecule has 1 aromatic rings. The first-order chi connectivity index (χ1) is 8.36. The van der Waals surface area contributed by atoms with E-state index < -0.39 is 0 Å². The van der Waals surface area contributed by atoms with Crippen molar-refractivity contribution in [2.45, 2.75) is 50.3 Å². The van der Waals surface area contributed by atoms with Crippen LogP contribution < -0.4 is 5.32 Å². The standard InChI is InChI=1S/C15H21NO/c1-17-13-8-7-12(10-13)16-15-9-6-11-4-2-3-5-14(11)15/h2-5,12-13,15-16H,6-10H2,1H3. The van der Waals surface area contributed by atoms with E-state index in [4.69, 9.17) is 4.74 Å². The third-order valence-corrected chi connectivity index (χ3v) is 4.29. The number of fused-ring (bicyclic) bond motifs is 1. The van der Waals surface area contributed by atoms with Gasteiger partial charge in [-0.15, -0.1) is 0 Å². The third kappa shape index (κ3) is 2.24. The first-order valence-electron chi connectivity index (χ1n) is 6.73. The average molecular weight is 231 g/mol. The molecule has 1 N–H and O–H groups in total. The largest absolute Gasteiger partial charge is 0.381 e. The molecule has 17 heavy (non-hydrogen) atoms. The Labute approximate surface area is 103 Å². The van der Waals surface area contributed by atoms with Crippen molar-refractivity contribution in [3.8, 4) is 0 Å². The lowest BCUT2D eigenvalue weighted by Crippen LogP contribution is -2.30. The van der Waals surface area contributed by atoms with E-state index in [1.54, 1.807) is 0 Å². The number of hydrogen-bond acceptors (Lipinski definition) is 2. The van der Waals surface area contributed by atoms with Gasteiger partial charge in [0.2, 0.25) is 0 Å². The Kier molecular flexibility index (Phi) is 3.17. The highest BCUT2D eigenvalue weighted by Crippen LogP contribution is 2.33. The van der Waals surface area contributed by atoms with Crippen LogP contribution >= 0.6 is 0 Å². The minimum atomic E-state index is 0.476. The van der Waals surface area contributed by atoms with Crippen molar-refractivity contribution >= 4 is 0 Å². The zero-order valence-electron chi connectivity index (χ0n) is 10.5. The predicted molar refractivity (Wildman–Crippen MR) is 69.1 cm³/mol. The zero-order chi connectivity index (χ0) is 11.7. The highest BCUT2D eigenvalue weighted by Gasteiger charge is 2.29. The van der Waals surface area contributed by atoms with E-state index in [1.165, 1.54) is 43.2 Å². The molecule has 3 atom stereocenters. The molecule has 3 unspecified atom stereocenters. The smallest absolute Gasteiger partial charge is 0.0586 e. The van der Waals surface area contributed by atoms with Gasteiger partial charge >= 0.3 is 0 Å². The monoisotopic (exact) mass is 231 g/mol. The number of rotatable bonds is 3. The molecule has 1 saturated carbocycles. The number of ether oxygens (including phenoxy) is 1. The molecule has 1 aromatic carbocycles. The summed E-state index contributed by atoms with van der Waals surface area (Å²) >= 11 is 0.